The van der Waals surface area contributed by atoms with Gasteiger partial charge in [-0.2, -0.15) is 0 Å². The van der Waals surface area contributed by atoms with Gasteiger partial charge in [-0.25, -0.2) is 0 Å². The number of benzene rings is 1. The number of halogens is 3. The van der Waals surface area contributed by atoms with E-state index in [2.05, 4.69) is 29.4 Å². The first-order valence-electron chi connectivity index (χ1n) is 8.24. The summed E-state index contributed by atoms with van der Waals surface area (Å²) in [7, 11) is 0. The maximum atomic E-state index is 12.3. The highest BCUT2D eigenvalue weighted by Crippen LogP contribution is 2.26. The molecule has 1 aliphatic rings. The molecule has 25 heavy (non-hydrogen) atoms. The first-order chi connectivity index (χ1) is 11.2. The van der Waals surface area contributed by atoms with Crippen LogP contribution in [-0.4, -0.2) is 56.2 Å². The first kappa shape index (κ1) is 24.4. The Kier molecular flexibility index (Phi) is 12.5. The Morgan fingerprint density at radius 3 is 2.60 bits per heavy atom. The topological polar surface area (TPSA) is 53.6 Å². The van der Waals surface area contributed by atoms with Crippen molar-refractivity contribution in [3.05, 3.63) is 34.9 Å². The number of ether oxygens (including phenoxy) is 1. The minimum absolute atomic E-state index is 0. The summed E-state index contributed by atoms with van der Waals surface area (Å²) in [6.45, 7) is 8.35. The van der Waals surface area contributed by atoms with Gasteiger partial charge in [0.1, 0.15) is 6.04 Å². The predicted octanol–water partition coefficient (Wildman–Crippen LogP) is 2.67. The van der Waals surface area contributed by atoms with Crippen LogP contribution >= 0.6 is 36.4 Å². The molecule has 1 aliphatic heterocycles. The van der Waals surface area contributed by atoms with Crippen molar-refractivity contribution in [2.75, 3.05) is 39.4 Å². The highest BCUT2D eigenvalue weighted by atomic mass is 35.5. The van der Waals surface area contributed by atoms with E-state index >= 15 is 0 Å². The summed E-state index contributed by atoms with van der Waals surface area (Å²) in [5.74, 6) is -0.0195. The molecule has 1 aromatic carbocycles. The van der Waals surface area contributed by atoms with Crippen molar-refractivity contribution >= 4 is 42.3 Å². The number of morpholine rings is 1. The zero-order chi connectivity index (χ0) is 16.7. The number of hydrogen-bond acceptors (Lipinski definition) is 4. The molecule has 2 N–H and O–H groups in total. The fourth-order valence-electron chi connectivity index (χ4n) is 2.90. The molecule has 2 atom stereocenters. The van der Waals surface area contributed by atoms with Gasteiger partial charge in [-0.3, -0.25) is 9.69 Å². The summed E-state index contributed by atoms with van der Waals surface area (Å²) in [6, 6.07) is 7.62. The van der Waals surface area contributed by atoms with Crippen LogP contribution in [0.5, 0.6) is 0 Å². The van der Waals surface area contributed by atoms with Crippen molar-refractivity contribution in [1.29, 1.82) is 0 Å². The highest BCUT2D eigenvalue weighted by molar-refractivity contribution is 6.31. The molecule has 0 saturated carbocycles. The van der Waals surface area contributed by atoms with E-state index in [4.69, 9.17) is 16.3 Å². The molecule has 0 aliphatic carbocycles. The average Bonchev–Trinajstić information content (AvgIpc) is 2.60. The van der Waals surface area contributed by atoms with Crippen molar-refractivity contribution in [1.82, 2.24) is 15.5 Å². The Morgan fingerprint density at radius 1 is 1.36 bits per heavy atom. The molecule has 1 fully saturated rings. The molecule has 1 saturated heterocycles. The Morgan fingerprint density at radius 2 is 2.04 bits per heavy atom. The molecule has 0 radical (unpaired) electrons. The van der Waals surface area contributed by atoms with E-state index < -0.39 is 0 Å². The van der Waals surface area contributed by atoms with Crippen LogP contribution in [0.3, 0.4) is 0 Å². The quantitative estimate of drug-likeness (QED) is 0.723. The van der Waals surface area contributed by atoms with Gasteiger partial charge < -0.3 is 15.4 Å². The van der Waals surface area contributed by atoms with E-state index in [1.54, 1.807) is 0 Å². The molecule has 2 unspecified atom stereocenters. The number of carbonyl (C=O) groups is 1. The maximum absolute atomic E-state index is 12.3. The fraction of sp³-hybridized carbons (Fsp3) is 0.588. The van der Waals surface area contributed by atoms with E-state index in [1.807, 2.05) is 24.3 Å². The van der Waals surface area contributed by atoms with Crippen molar-refractivity contribution in [3.8, 4) is 0 Å². The Balaban J connectivity index is 0.00000288. The monoisotopic (exact) mass is 411 g/mol. The number of amides is 1. The molecule has 144 valence electrons. The second-order valence-corrected chi connectivity index (χ2v) is 5.99. The number of rotatable bonds is 7. The van der Waals surface area contributed by atoms with Crippen LogP contribution in [0.15, 0.2) is 24.3 Å². The summed E-state index contributed by atoms with van der Waals surface area (Å²) in [4.78, 5) is 14.6. The highest BCUT2D eigenvalue weighted by Gasteiger charge is 2.24. The van der Waals surface area contributed by atoms with Crippen molar-refractivity contribution in [2.24, 2.45) is 0 Å². The lowest BCUT2D eigenvalue weighted by atomic mass is 10.0. The van der Waals surface area contributed by atoms with Crippen LogP contribution in [0.2, 0.25) is 5.02 Å². The van der Waals surface area contributed by atoms with Crippen LogP contribution < -0.4 is 10.6 Å². The number of carbonyl (C=O) groups excluding carboxylic acids is 1. The van der Waals surface area contributed by atoms with E-state index in [-0.39, 0.29) is 42.8 Å². The lowest BCUT2D eigenvalue weighted by Crippen LogP contribution is -2.52. The van der Waals surface area contributed by atoms with Crippen molar-refractivity contribution < 1.29 is 9.53 Å². The van der Waals surface area contributed by atoms with Gasteiger partial charge in [0, 0.05) is 18.1 Å². The van der Waals surface area contributed by atoms with Crippen molar-refractivity contribution in [3.63, 3.8) is 0 Å². The molecule has 8 heteroatoms. The minimum atomic E-state index is -0.271. The van der Waals surface area contributed by atoms with Gasteiger partial charge >= 0.3 is 0 Å². The van der Waals surface area contributed by atoms with Crippen LogP contribution in [0.4, 0.5) is 0 Å². The van der Waals surface area contributed by atoms with Crippen LogP contribution in [0.1, 0.15) is 25.5 Å². The molecular formula is C17H28Cl3N3O2. The van der Waals surface area contributed by atoms with E-state index in [9.17, 15) is 4.79 Å². The summed E-state index contributed by atoms with van der Waals surface area (Å²) in [5, 5.41) is 6.95. The SMILES string of the molecule is CCN(CC)C(CNC(=O)C1COCCN1)c1ccccc1Cl.Cl.Cl. The molecule has 1 heterocycles. The van der Waals surface area contributed by atoms with E-state index in [0.29, 0.717) is 26.3 Å². The standard InChI is InChI=1S/C17H26ClN3O2.2ClH/c1-3-21(4-2)16(13-7-5-6-8-14(13)18)11-20-17(22)15-12-23-10-9-19-15;;/h5-8,15-16,19H,3-4,9-12H2,1-2H3,(H,20,22);2*1H. The third-order valence-electron chi connectivity index (χ3n) is 4.23. The number of hydrogen-bond donors (Lipinski definition) is 2. The first-order valence-corrected chi connectivity index (χ1v) is 8.62. The molecular weight excluding hydrogens is 385 g/mol. The minimum Gasteiger partial charge on any atom is -0.378 e. The van der Waals surface area contributed by atoms with Gasteiger partial charge in [0.2, 0.25) is 5.91 Å². The lowest BCUT2D eigenvalue weighted by Gasteiger charge is -2.31. The average molecular weight is 413 g/mol. The third kappa shape index (κ3) is 6.93. The second kappa shape index (κ2) is 12.7. The largest absolute Gasteiger partial charge is 0.378 e. The summed E-state index contributed by atoms with van der Waals surface area (Å²) < 4.78 is 5.35. The second-order valence-electron chi connectivity index (χ2n) is 5.59. The molecule has 2 rings (SSSR count). The summed E-state index contributed by atoms with van der Waals surface area (Å²) in [5.41, 5.74) is 1.05. The van der Waals surface area contributed by atoms with Crippen LogP contribution in [0.25, 0.3) is 0 Å². The van der Waals surface area contributed by atoms with Gasteiger partial charge in [-0.05, 0) is 24.7 Å². The molecule has 1 amide bonds. The fourth-order valence-corrected chi connectivity index (χ4v) is 3.16. The Labute approximate surface area is 167 Å². The van der Waals surface area contributed by atoms with Gasteiger partial charge in [-0.15, -0.1) is 24.8 Å². The third-order valence-corrected chi connectivity index (χ3v) is 4.57. The van der Waals surface area contributed by atoms with Gasteiger partial charge in [-0.1, -0.05) is 43.6 Å². The molecule has 0 aromatic heterocycles. The molecule has 0 spiro atoms. The van der Waals surface area contributed by atoms with Gasteiger partial charge in [0.25, 0.3) is 0 Å². The Bertz CT molecular complexity index is 510. The number of likely N-dealkylation sites (N-methyl/N-ethyl adjacent to an activating group) is 1. The maximum Gasteiger partial charge on any atom is 0.239 e. The van der Waals surface area contributed by atoms with E-state index in [1.165, 1.54) is 0 Å². The zero-order valence-corrected chi connectivity index (χ0v) is 17.1. The van der Waals surface area contributed by atoms with E-state index in [0.717, 1.165) is 23.7 Å². The Hall–Kier alpha value is -0.560. The summed E-state index contributed by atoms with van der Waals surface area (Å²) >= 11 is 6.37. The van der Waals surface area contributed by atoms with Crippen molar-refractivity contribution in [2.45, 2.75) is 25.9 Å². The summed E-state index contributed by atoms with van der Waals surface area (Å²) in [6.07, 6.45) is 0. The molecule has 0 bridgehead atoms. The molecule has 5 nitrogen and oxygen atoms in total. The van der Waals surface area contributed by atoms with Crippen LogP contribution in [0, 0.1) is 0 Å². The van der Waals surface area contributed by atoms with Crippen LogP contribution in [-0.2, 0) is 9.53 Å². The number of nitrogens with zero attached hydrogens (tertiary/aromatic N) is 1. The van der Waals surface area contributed by atoms with Gasteiger partial charge in [0.15, 0.2) is 0 Å². The number of nitrogens with one attached hydrogen (secondary N) is 2. The smallest absolute Gasteiger partial charge is 0.239 e. The molecule has 1 aromatic rings. The van der Waals surface area contributed by atoms with Gasteiger partial charge in [0.05, 0.1) is 19.3 Å². The lowest BCUT2D eigenvalue weighted by molar-refractivity contribution is -0.126. The zero-order valence-electron chi connectivity index (χ0n) is 14.7. The predicted molar refractivity (Wildman–Crippen MR) is 107 cm³/mol. The normalized spacial score (nSPS) is 18.0.